The minimum Gasteiger partial charge on any atom is -0.423 e. The lowest BCUT2D eigenvalue weighted by atomic mass is 9.60. The largest absolute Gasteiger partial charge is 0.423 e. The first-order valence-electron chi connectivity index (χ1n) is 6.34. The predicted molar refractivity (Wildman–Crippen MR) is 66.1 cm³/mol. The Morgan fingerprint density at radius 2 is 2.29 bits per heavy atom. The summed E-state index contributed by atoms with van der Waals surface area (Å²) in [5.41, 5.74) is 3.38. The summed E-state index contributed by atoms with van der Waals surface area (Å²) in [7, 11) is 0. The molecule has 3 rings (SSSR count). The van der Waals surface area contributed by atoms with Crippen LogP contribution in [-0.2, 0) is 9.53 Å². The smallest absolute Gasteiger partial charge is 0.339 e. The Kier molecular flexibility index (Phi) is 2.13. The van der Waals surface area contributed by atoms with Crippen LogP contribution in [0.5, 0.6) is 0 Å². The molecule has 0 amide bonds. The molecule has 2 atom stereocenters. The van der Waals surface area contributed by atoms with Crippen LogP contribution in [0.15, 0.2) is 35.1 Å². The van der Waals surface area contributed by atoms with Crippen molar-refractivity contribution in [3.63, 3.8) is 0 Å². The molecule has 2 aliphatic carbocycles. The van der Waals surface area contributed by atoms with Crippen molar-refractivity contribution in [2.45, 2.75) is 39.5 Å². The molecule has 2 heteroatoms. The number of carbonyl (C=O) groups is 1. The molecule has 1 fully saturated rings. The summed E-state index contributed by atoms with van der Waals surface area (Å²) in [4.78, 5) is 11.6. The Morgan fingerprint density at radius 3 is 3.06 bits per heavy atom. The maximum absolute atomic E-state index is 11.6. The Labute approximate surface area is 102 Å². The van der Waals surface area contributed by atoms with Crippen LogP contribution >= 0.6 is 0 Å². The van der Waals surface area contributed by atoms with Crippen LogP contribution in [0.4, 0.5) is 0 Å². The number of fused-ring (bicyclic) bond motifs is 2. The average molecular weight is 230 g/mol. The van der Waals surface area contributed by atoms with Crippen LogP contribution in [0.3, 0.4) is 0 Å². The number of ether oxygens (including phenoxy) is 1. The summed E-state index contributed by atoms with van der Waals surface area (Å²) in [5.74, 6) is 1.14. The second-order valence-corrected chi connectivity index (χ2v) is 5.78. The van der Waals surface area contributed by atoms with Gasteiger partial charge in [0.15, 0.2) is 0 Å². The maximum atomic E-state index is 11.6. The van der Waals surface area contributed by atoms with Crippen molar-refractivity contribution in [1.29, 1.82) is 0 Å². The molecule has 0 saturated heterocycles. The number of allylic oxidation sites excluding steroid dienone is 3. The third-order valence-corrected chi connectivity index (χ3v) is 4.63. The van der Waals surface area contributed by atoms with Gasteiger partial charge in [-0.1, -0.05) is 19.1 Å². The molecule has 0 radical (unpaired) electrons. The topological polar surface area (TPSA) is 26.3 Å². The zero-order valence-corrected chi connectivity index (χ0v) is 10.5. The van der Waals surface area contributed by atoms with Gasteiger partial charge in [-0.05, 0) is 50.0 Å². The molecule has 0 bridgehead atoms. The first-order chi connectivity index (χ1) is 8.01. The van der Waals surface area contributed by atoms with E-state index in [-0.39, 0.29) is 11.4 Å². The molecular weight excluding hydrogens is 212 g/mol. The minimum absolute atomic E-state index is 0.138. The molecule has 0 N–H and O–H groups in total. The van der Waals surface area contributed by atoms with Gasteiger partial charge in [0.25, 0.3) is 0 Å². The second kappa shape index (κ2) is 3.34. The van der Waals surface area contributed by atoms with Crippen LogP contribution in [-0.4, -0.2) is 5.97 Å². The molecule has 90 valence electrons. The molecule has 1 saturated carbocycles. The molecule has 1 unspecified atom stereocenters. The molecule has 1 aliphatic heterocycles. The number of esters is 1. The second-order valence-electron chi connectivity index (χ2n) is 5.78. The normalized spacial score (nSPS) is 36.4. The fraction of sp³-hybridized carbons (Fsp3) is 0.533. The van der Waals surface area contributed by atoms with Crippen molar-refractivity contribution in [3.05, 3.63) is 35.1 Å². The van der Waals surface area contributed by atoms with Gasteiger partial charge in [-0.3, -0.25) is 0 Å². The summed E-state index contributed by atoms with van der Waals surface area (Å²) >= 11 is 0. The van der Waals surface area contributed by atoms with Gasteiger partial charge in [0.1, 0.15) is 5.76 Å². The number of rotatable bonds is 0. The Bertz CT molecular complexity index is 481. The van der Waals surface area contributed by atoms with Gasteiger partial charge in [0.2, 0.25) is 0 Å². The van der Waals surface area contributed by atoms with E-state index in [4.69, 9.17) is 4.74 Å². The molecule has 3 aliphatic rings. The lowest BCUT2D eigenvalue weighted by Crippen LogP contribution is -2.34. The fourth-order valence-corrected chi connectivity index (χ4v) is 3.48. The average Bonchev–Trinajstić information content (AvgIpc) is 2.52. The highest BCUT2D eigenvalue weighted by Gasteiger charge is 2.44. The van der Waals surface area contributed by atoms with Crippen LogP contribution in [0, 0.1) is 11.3 Å². The molecule has 1 heterocycles. The summed E-state index contributed by atoms with van der Waals surface area (Å²) in [6, 6.07) is 0. The van der Waals surface area contributed by atoms with Crippen LogP contribution in [0.1, 0.15) is 39.5 Å². The number of hydrogen-bond donors (Lipinski definition) is 0. The lowest BCUT2D eigenvalue weighted by molar-refractivity contribution is -0.133. The van der Waals surface area contributed by atoms with Crippen molar-refractivity contribution in [1.82, 2.24) is 0 Å². The van der Waals surface area contributed by atoms with Crippen molar-refractivity contribution < 1.29 is 9.53 Å². The van der Waals surface area contributed by atoms with E-state index in [1.165, 1.54) is 18.4 Å². The zero-order valence-electron chi connectivity index (χ0n) is 10.5. The van der Waals surface area contributed by atoms with Gasteiger partial charge in [0, 0.05) is 11.1 Å². The van der Waals surface area contributed by atoms with E-state index in [0.29, 0.717) is 5.92 Å². The molecule has 2 nitrogen and oxygen atoms in total. The molecule has 0 aromatic heterocycles. The van der Waals surface area contributed by atoms with E-state index in [9.17, 15) is 4.79 Å². The van der Waals surface area contributed by atoms with Gasteiger partial charge < -0.3 is 4.74 Å². The van der Waals surface area contributed by atoms with Gasteiger partial charge in [-0.25, -0.2) is 4.79 Å². The minimum atomic E-state index is -0.167. The highest BCUT2D eigenvalue weighted by atomic mass is 16.5. The molecule has 0 spiro atoms. The molecular formula is C15H18O2. The summed E-state index contributed by atoms with van der Waals surface area (Å²) in [6.45, 7) is 8.36. The summed E-state index contributed by atoms with van der Waals surface area (Å²) < 4.78 is 5.35. The molecule has 17 heavy (non-hydrogen) atoms. The van der Waals surface area contributed by atoms with Crippen LogP contribution in [0.2, 0.25) is 0 Å². The SMILES string of the molecule is C=C1CCC[C@]2(C)C=C3OC(=O)C(C)=C3CC12. The quantitative estimate of drug-likeness (QED) is 0.470. The van der Waals surface area contributed by atoms with Crippen LogP contribution in [0.25, 0.3) is 0 Å². The number of hydrogen-bond acceptors (Lipinski definition) is 2. The standard InChI is InChI=1S/C15H18O2/c1-9-5-4-6-15(3)8-13-11(7-12(9)15)10(2)14(16)17-13/h8,12H,1,4-7H2,2-3H3/t12?,15-/m1/s1. The highest BCUT2D eigenvalue weighted by molar-refractivity contribution is 5.94. The Balaban J connectivity index is 2.09. The van der Waals surface area contributed by atoms with Crippen LogP contribution < -0.4 is 0 Å². The Hall–Kier alpha value is -1.31. The Morgan fingerprint density at radius 1 is 1.53 bits per heavy atom. The molecule has 0 aromatic carbocycles. The first-order valence-corrected chi connectivity index (χ1v) is 6.34. The van der Waals surface area contributed by atoms with Gasteiger partial charge >= 0.3 is 5.97 Å². The third kappa shape index (κ3) is 1.43. The summed E-state index contributed by atoms with van der Waals surface area (Å²) in [5, 5.41) is 0. The zero-order chi connectivity index (χ0) is 12.2. The fourth-order valence-electron chi connectivity index (χ4n) is 3.48. The van der Waals surface area contributed by atoms with Gasteiger partial charge in [-0.2, -0.15) is 0 Å². The van der Waals surface area contributed by atoms with Crippen molar-refractivity contribution in [2.75, 3.05) is 0 Å². The van der Waals surface area contributed by atoms with E-state index in [0.717, 1.165) is 29.7 Å². The van der Waals surface area contributed by atoms with Crippen molar-refractivity contribution in [2.24, 2.45) is 11.3 Å². The monoisotopic (exact) mass is 230 g/mol. The van der Waals surface area contributed by atoms with E-state index in [1.807, 2.05) is 6.92 Å². The maximum Gasteiger partial charge on any atom is 0.339 e. The van der Waals surface area contributed by atoms with E-state index >= 15 is 0 Å². The van der Waals surface area contributed by atoms with E-state index < -0.39 is 0 Å². The predicted octanol–water partition coefficient (Wildman–Crippen LogP) is 3.51. The summed E-state index contributed by atoms with van der Waals surface area (Å²) in [6.07, 6.45) is 6.60. The van der Waals surface area contributed by atoms with Gasteiger partial charge in [0.05, 0.1) is 0 Å². The van der Waals surface area contributed by atoms with E-state index in [1.54, 1.807) is 0 Å². The van der Waals surface area contributed by atoms with Crippen molar-refractivity contribution in [3.8, 4) is 0 Å². The van der Waals surface area contributed by atoms with Gasteiger partial charge in [-0.15, -0.1) is 0 Å². The lowest BCUT2D eigenvalue weighted by Gasteiger charge is -2.44. The number of carbonyl (C=O) groups excluding carboxylic acids is 1. The molecule has 0 aromatic rings. The van der Waals surface area contributed by atoms with Crippen molar-refractivity contribution >= 4 is 5.97 Å². The highest BCUT2D eigenvalue weighted by Crippen LogP contribution is 2.53. The van der Waals surface area contributed by atoms with E-state index in [2.05, 4.69) is 19.6 Å². The first kappa shape index (κ1) is 10.8. The third-order valence-electron chi connectivity index (χ3n) is 4.63.